The van der Waals surface area contributed by atoms with Gasteiger partial charge in [-0.15, -0.1) is 5.10 Å². The second-order valence-corrected chi connectivity index (χ2v) is 8.29. The highest BCUT2D eigenvalue weighted by atomic mass is 79.9. The number of rotatable bonds is 2. The van der Waals surface area contributed by atoms with Gasteiger partial charge in [-0.3, -0.25) is 9.69 Å². The molecule has 1 spiro atoms. The van der Waals surface area contributed by atoms with Crippen molar-refractivity contribution in [3.8, 4) is 5.69 Å². The van der Waals surface area contributed by atoms with Crippen molar-refractivity contribution in [2.24, 2.45) is 0 Å². The lowest BCUT2D eigenvalue weighted by atomic mass is 9.86. The topological polar surface area (TPSA) is 75.9 Å². The lowest BCUT2D eigenvalue weighted by Gasteiger charge is -2.40. The number of fused-ring (bicyclic) bond motifs is 4. The molecule has 7 nitrogen and oxygen atoms in total. The molecule has 1 fully saturated rings. The van der Waals surface area contributed by atoms with Crippen molar-refractivity contribution < 1.29 is 4.79 Å². The monoisotopic (exact) mass is 438 g/mol. The van der Waals surface area contributed by atoms with Crippen molar-refractivity contribution >= 4 is 21.8 Å². The van der Waals surface area contributed by atoms with Crippen LogP contribution in [0.15, 0.2) is 53.0 Å². The normalized spacial score (nSPS) is 18.2. The number of tetrazole rings is 1. The first-order chi connectivity index (χ1) is 13.6. The van der Waals surface area contributed by atoms with Gasteiger partial charge in [-0.1, -0.05) is 46.3 Å². The molecule has 8 heteroatoms. The number of piperidine rings is 1. The van der Waals surface area contributed by atoms with E-state index in [1.54, 1.807) is 4.68 Å². The summed E-state index contributed by atoms with van der Waals surface area (Å²) in [4.78, 5) is 15.4. The van der Waals surface area contributed by atoms with Crippen LogP contribution in [0.5, 0.6) is 0 Å². The van der Waals surface area contributed by atoms with Gasteiger partial charge in [0.1, 0.15) is 5.54 Å². The first-order valence-electron chi connectivity index (χ1n) is 9.32. The molecule has 2 aliphatic rings. The maximum Gasteiger partial charge on any atom is 0.254 e. The maximum absolute atomic E-state index is 13.0. The molecular weight excluding hydrogens is 420 g/mol. The van der Waals surface area contributed by atoms with Gasteiger partial charge in [0.2, 0.25) is 0 Å². The Labute approximate surface area is 170 Å². The number of hydrogen-bond donors (Lipinski definition) is 1. The SMILES string of the molecule is O=C1NC2(CCN(Cc3ccccc3)CC2)c2nnnn2-c2ccc(Br)cc21. The Bertz CT molecular complexity index is 1030. The number of carbonyl (C=O) groups is 1. The lowest BCUT2D eigenvalue weighted by Crippen LogP contribution is -2.53. The highest BCUT2D eigenvalue weighted by Gasteiger charge is 2.44. The summed E-state index contributed by atoms with van der Waals surface area (Å²) >= 11 is 3.45. The second kappa shape index (κ2) is 6.79. The van der Waals surface area contributed by atoms with Crippen molar-refractivity contribution in [3.63, 3.8) is 0 Å². The van der Waals surface area contributed by atoms with Crippen molar-refractivity contribution in [1.82, 2.24) is 30.4 Å². The Morgan fingerprint density at radius 1 is 1.11 bits per heavy atom. The third kappa shape index (κ3) is 2.93. The molecule has 1 aromatic heterocycles. The van der Waals surface area contributed by atoms with Crippen LogP contribution in [-0.2, 0) is 12.1 Å². The molecule has 5 rings (SSSR count). The van der Waals surface area contributed by atoms with Crippen LogP contribution in [0, 0.1) is 0 Å². The Balaban J connectivity index is 1.45. The van der Waals surface area contributed by atoms with E-state index in [0.717, 1.165) is 36.9 Å². The number of aromatic nitrogens is 4. The van der Waals surface area contributed by atoms with E-state index >= 15 is 0 Å². The highest BCUT2D eigenvalue weighted by Crippen LogP contribution is 2.36. The van der Waals surface area contributed by atoms with Crippen molar-refractivity contribution in [2.45, 2.75) is 24.9 Å². The molecule has 1 amide bonds. The van der Waals surface area contributed by atoms with E-state index < -0.39 is 5.54 Å². The molecule has 0 unspecified atom stereocenters. The zero-order valence-electron chi connectivity index (χ0n) is 15.2. The van der Waals surface area contributed by atoms with Crippen LogP contribution >= 0.6 is 15.9 Å². The number of amides is 1. The molecule has 2 aromatic carbocycles. The summed E-state index contributed by atoms with van der Waals surface area (Å²) in [6, 6.07) is 16.1. The summed E-state index contributed by atoms with van der Waals surface area (Å²) in [5.41, 5.74) is 2.03. The second-order valence-electron chi connectivity index (χ2n) is 7.37. The van der Waals surface area contributed by atoms with Gasteiger partial charge >= 0.3 is 0 Å². The average molecular weight is 439 g/mol. The number of hydrogen-bond acceptors (Lipinski definition) is 5. The minimum Gasteiger partial charge on any atom is -0.339 e. The highest BCUT2D eigenvalue weighted by molar-refractivity contribution is 9.10. The van der Waals surface area contributed by atoms with Crippen LogP contribution in [0.1, 0.15) is 34.6 Å². The van der Waals surface area contributed by atoms with Gasteiger partial charge in [0.05, 0.1) is 11.3 Å². The van der Waals surface area contributed by atoms with Crippen LogP contribution in [0.25, 0.3) is 5.69 Å². The average Bonchev–Trinajstić information content (AvgIpc) is 3.18. The summed E-state index contributed by atoms with van der Waals surface area (Å²) < 4.78 is 2.57. The Morgan fingerprint density at radius 3 is 2.68 bits per heavy atom. The Hall–Kier alpha value is -2.58. The zero-order valence-corrected chi connectivity index (χ0v) is 16.8. The minimum absolute atomic E-state index is 0.0971. The molecule has 2 aliphatic heterocycles. The first kappa shape index (κ1) is 17.5. The largest absolute Gasteiger partial charge is 0.339 e. The van der Waals surface area contributed by atoms with Gasteiger partial charge in [-0.05, 0) is 47.0 Å². The first-order valence-corrected chi connectivity index (χ1v) is 10.1. The third-order valence-corrected chi connectivity index (χ3v) is 6.13. The molecule has 0 radical (unpaired) electrons. The Kier molecular flexibility index (Phi) is 4.25. The van der Waals surface area contributed by atoms with Crippen LogP contribution in [0.3, 0.4) is 0 Å². The predicted molar refractivity (Wildman–Crippen MR) is 107 cm³/mol. The van der Waals surface area contributed by atoms with Crippen LogP contribution in [0.2, 0.25) is 0 Å². The Morgan fingerprint density at radius 2 is 1.89 bits per heavy atom. The maximum atomic E-state index is 13.0. The number of carbonyl (C=O) groups excluding carboxylic acids is 1. The fourth-order valence-corrected chi connectivity index (χ4v) is 4.51. The van der Waals surface area contributed by atoms with Crippen molar-refractivity contribution in [3.05, 3.63) is 70.0 Å². The molecule has 0 bridgehead atoms. The molecule has 142 valence electrons. The molecule has 1 N–H and O–H groups in total. The fraction of sp³-hybridized carbons (Fsp3) is 0.300. The van der Waals surface area contributed by atoms with E-state index in [9.17, 15) is 4.79 Å². The number of benzene rings is 2. The summed E-state index contributed by atoms with van der Waals surface area (Å²) in [5.74, 6) is 0.612. The number of nitrogens with zero attached hydrogens (tertiary/aromatic N) is 5. The van der Waals surface area contributed by atoms with Gasteiger partial charge in [0.25, 0.3) is 5.91 Å². The summed E-state index contributed by atoms with van der Waals surface area (Å²) in [6.45, 7) is 2.63. The minimum atomic E-state index is -0.556. The zero-order chi connectivity index (χ0) is 19.1. The fourth-order valence-electron chi connectivity index (χ4n) is 4.15. The van der Waals surface area contributed by atoms with E-state index in [-0.39, 0.29) is 5.91 Å². The van der Waals surface area contributed by atoms with E-state index in [1.807, 2.05) is 24.3 Å². The number of likely N-dealkylation sites (tertiary alicyclic amines) is 1. The van der Waals surface area contributed by atoms with E-state index in [1.165, 1.54) is 5.56 Å². The van der Waals surface area contributed by atoms with Crippen molar-refractivity contribution in [1.29, 1.82) is 0 Å². The van der Waals surface area contributed by atoms with E-state index in [2.05, 4.69) is 65.9 Å². The van der Waals surface area contributed by atoms with Gasteiger partial charge in [0.15, 0.2) is 5.82 Å². The van der Waals surface area contributed by atoms with Crippen LogP contribution < -0.4 is 5.32 Å². The quantitative estimate of drug-likeness (QED) is 0.665. The lowest BCUT2D eigenvalue weighted by molar-refractivity contribution is 0.0784. The van der Waals surface area contributed by atoms with Gasteiger partial charge < -0.3 is 5.32 Å². The smallest absolute Gasteiger partial charge is 0.254 e. The molecule has 3 aromatic rings. The predicted octanol–water partition coefficient (Wildman–Crippen LogP) is 2.66. The standard InChI is InChI=1S/C20H19BrN6O/c21-15-6-7-17-16(12-15)18(28)22-20(19-23-24-25-27(17)19)8-10-26(11-9-20)13-14-4-2-1-3-5-14/h1-7,12H,8-11,13H2,(H,22,28). The van der Waals surface area contributed by atoms with Crippen LogP contribution in [-0.4, -0.2) is 44.1 Å². The van der Waals surface area contributed by atoms with Gasteiger partial charge in [0, 0.05) is 24.1 Å². The summed E-state index contributed by atoms with van der Waals surface area (Å²) in [6.07, 6.45) is 1.53. The molecule has 0 atom stereocenters. The molecular formula is C20H19BrN6O. The third-order valence-electron chi connectivity index (χ3n) is 5.64. The van der Waals surface area contributed by atoms with Crippen LogP contribution in [0.4, 0.5) is 0 Å². The number of nitrogens with one attached hydrogen (secondary N) is 1. The summed E-state index contributed by atoms with van der Waals surface area (Å²) in [7, 11) is 0. The van der Waals surface area contributed by atoms with E-state index in [0.29, 0.717) is 17.1 Å². The molecule has 0 saturated carbocycles. The van der Waals surface area contributed by atoms with Crippen molar-refractivity contribution in [2.75, 3.05) is 13.1 Å². The molecule has 1 saturated heterocycles. The van der Waals surface area contributed by atoms with Gasteiger partial charge in [-0.25, -0.2) is 0 Å². The van der Waals surface area contributed by atoms with E-state index in [4.69, 9.17) is 0 Å². The molecule has 3 heterocycles. The molecule has 0 aliphatic carbocycles. The summed E-state index contributed by atoms with van der Waals surface area (Å²) in [5, 5.41) is 15.7. The molecule has 28 heavy (non-hydrogen) atoms. The number of halogens is 1. The van der Waals surface area contributed by atoms with Gasteiger partial charge in [-0.2, -0.15) is 4.68 Å².